The van der Waals surface area contributed by atoms with E-state index in [0.29, 0.717) is 17.9 Å². The monoisotopic (exact) mass is 405 g/mol. The second-order valence-electron chi connectivity index (χ2n) is 6.17. The van der Waals surface area contributed by atoms with Crippen molar-refractivity contribution < 1.29 is 9.18 Å². The average Bonchev–Trinajstić information content (AvgIpc) is 3.11. The van der Waals surface area contributed by atoms with Gasteiger partial charge in [0, 0.05) is 37.7 Å². The fraction of sp³-hybridized carbons (Fsp3) is 0.222. The Balaban J connectivity index is 1.54. The van der Waals surface area contributed by atoms with Crippen molar-refractivity contribution >= 4 is 29.0 Å². The van der Waals surface area contributed by atoms with Gasteiger partial charge in [0.15, 0.2) is 11.6 Å². The number of fused-ring (bicyclic) bond motifs is 1. The van der Waals surface area contributed by atoms with E-state index in [0.717, 1.165) is 30.4 Å². The lowest BCUT2D eigenvalue weighted by Gasteiger charge is -2.13. The van der Waals surface area contributed by atoms with E-state index in [1.165, 1.54) is 6.07 Å². The Morgan fingerprint density at radius 1 is 1.22 bits per heavy atom. The predicted molar refractivity (Wildman–Crippen MR) is 99.0 cm³/mol. The number of nitrogens with zero attached hydrogens (tertiary/aromatic N) is 4. The third-order valence-electron chi connectivity index (χ3n) is 4.40. The number of hydrogen-bond acceptors (Lipinski definition) is 5. The van der Waals surface area contributed by atoms with Crippen molar-refractivity contribution in [1.29, 1.82) is 0 Å². The highest BCUT2D eigenvalue weighted by atomic mass is 35.5. The van der Waals surface area contributed by atoms with Crippen LogP contribution in [0.15, 0.2) is 30.5 Å². The molecule has 1 N–H and O–H groups in total. The van der Waals surface area contributed by atoms with E-state index in [9.17, 15) is 9.18 Å². The number of carbonyl (C=O) groups is 1. The van der Waals surface area contributed by atoms with Gasteiger partial charge in [0.1, 0.15) is 11.5 Å². The molecule has 0 aliphatic carbocycles. The summed E-state index contributed by atoms with van der Waals surface area (Å²) in [7, 11) is 0. The van der Waals surface area contributed by atoms with Crippen molar-refractivity contribution in [3.8, 4) is 5.82 Å². The van der Waals surface area contributed by atoms with E-state index in [1.807, 2.05) is 0 Å². The Kier molecular flexibility index (Phi) is 4.90. The van der Waals surface area contributed by atoms with E-state index in [1.54, 1.807) is 23.0 Å². The van der Waals surface area contributed by atoms with Gasteiger partial charge in [0.05, 0.1) is 15.7 Å². The molecule has 6 nitrogen and oxygen atoms in total. The third kappa shape index (κ3) is 3.45. The van der Waals surface area contributed by atoms with Crippen LogP contribution in [0.3, 0.4) is 0 Å². The summed E-state index contributed by atoms with van der Waals surface area (Å²) in [6, 6.07) is 6.06. The number of hydrogen-bond donors (Lipinski definition) is 1. The lowest BCUT2D eigenvalue weighted by atomic mass is 10.0. The molecule has 4 rings (SSSR count). The maximum Gasteiger partial charge on any atom is 0.168 e. The van der Waals surface area contributed by atoms with Gasteiger partial charge >= 0.3 is 0 Å². The van der Waals surface area contributed by atoms with Gasteiger partial charge in [0.25, 0.3) is 0 Å². The second-order valence-corrected chi connectivity index (χ2v) is 6.92. The lowest BCUT2D eigenvalue weighted by Crippen LogP contribution is -2.25. The fourth-order valence-electron chi connectivity index (χ4n) is 2.99. The van der Waals surface area contributed by atoms with Gasteiger partial charge in [-0.15, -0.1) is 5.10 Å². The van der Waals surface area contributed by atoms with Gasteiger partial charge in [-0.1, -0.05) is 34.5 Å². The first-order valence-corrected chi connectivity index (χ1v) is 9.06. The molecule has 1 aliphatic rings. The highest BCUT2D eigenvalue weighted by molar-refractivity contribution is 6.44. The molecule has 1 aromatic carbocycles. The van der Waals surface area contributed by atoms with Gasteiger partial charge in [0.2, 0.25) is 0 Å². The first kappa shape index (κ1) is 18.0. The van der Waals surface area contributed by atoms with Gasteiger partial charge in [-0.25, -0.2) is 9.37 Å². The normalized spacial score (nSPS) is 13.4. The number of benzene rings is 1. The predicted octanol–water partition coefficient (Wildman–Crippen LogP) is 3.18. The molecule has 9 heteroatoms. The second kappa shape index (κ2) is 7.34. The number of pyridine rings is 1. The molecule has 0 amide bonds. The quantitative estimate of drug-likeness (QED) is 0.532. The Bertz CT molecular complexity index is 1020. The van der Waals surface area contributed by atoms with Crippen LogP contribution in [0, 0.1) is 5.82 Å². The van der Waals surface area contributed by atoms with Crippen molar-refractivity contribution in [2.75, 3.05) is 6.54 Å². The summed E-state index contributed by atoms with van der Waals surface area (Å²) in [4.78, 5) is 16.9. The number of Topliss-reactive ketones (excluding diaryl/α,β-unsaturated/α-hetero) is 1. The van der Waals surface area contributed by atoms with Crippen molar-refractivity contribution in [3.05, 3.63) is 68.8 Å². The maximum absolute atomic E-state index is 13.4. The van der Waals surface area contributed by atoms with Crippen LogP contribution in [0.1, 0.15) is 27.3 Å². The molecule has 138 valence electrons. The summed E-state index contributed by atoms with van der Waals surface area (Å²) in [5.41, 5.74) is 2.85. The summed E-state index contributed by atoms with van der Waals surface area (Å²) in [5, 5.41) is 11.3. The molecular formula is C18H14Cl2FN5O. The average molecular weight is 406 g/mol. The molecule has 2 aromatic heterocycles. The Morgan fingerprint density at radius 3 is 2.85 bits per heavy atom. The summed E-state index contributed by atoms with van der Waals surface area (Å²) in [5.74, 6) is -0.277. The Labute approximate surface area is 164 Å². The van der Waals surface area contributed by atoms with Crippen LogP contribution in [0.4, 0.5) is 4.39 Å². The van der Waals surface area contributed by atoms with Crippen LogP contribution < -0.4 is 5.32 Å². The summed E-state index contributed by atoms with van der Waals surface area (Å²) >= 11 is 11.8. The van der Waals surface area contributed by atoms with E-state index in [-0.39, 0.29) is 27.8 Å². The standard InChI is InChI=1S/C18H14Cl2FN5O/c19-17-11(2-3-12(21)18(17)20)15(27)7-10-1-4-16(23-8-10)26-14-5-6-22-9-13(14)24-25-26/h1-4,8,22H,5-7,9H2. The number of rotatable bonds is 4. The van der Waals surface area contributed by atoms with Gasteiger partial charge in [-0.3, -0.25) is 4.79 Å². The molecule has 0 atom stereocenters. The molecule has 0 fully saturated rings. The van der Waals surface area contributed by atoms with Crippen molar-refractivity contribution in [2.24, 2.45) is 0 Å². The zero-order valence-electron chi connectivity index (χ0n) is 14.0. The van der Waals surface area contributed by atoms with Crippen molar-refractivity contribution in [1.82, 2.24) is 25.3 Å². The van der Waals surface area contributed by atoms with Crippen LogP contribution in [-0.2, 0) is 19.4 Å². The van der Waals surface area contributed by atoms with E-state index >= 15 is 0 Å². The minimum atomic E-state index is -0.657. The number of halogens is 3. The number of carbonyl (C=O) groups excluding carboxylic acids is 1. The zero-order valence-corrected chi connectivity index (χ0v) is 15.6. The topological polar surface area (TPSA) is 72.7 Å². The molecule has 3 aromatic rings. The largest absolute Gasteiger partial charge is 0.311 e. The smallest absolute Gasteiger partial charge is 0.168 e. The first-order chi connectivity index (χ1) is 13.0. The minimum absolute atomic E-state index is 0.0749. The van der Waals surface area contributed by atoms with Crippen LogP contribution in [0.25, 0.3) is 5.82 Å². The van der Waals surface area contributed by atoms with Crippen LogP contribution in [0.5, 0.6) is 0 Å². The van der Waals surface area contributed by atoms with Crippen molar-refractivity contribution in [3.63, 3.8) is 0 Å². The molecule has 0 bridgehead atoms. The molecule has 0 radical (unpaired) electrons. The summed E-state index contributed by atoms with van der Waals surface area (Å²) in [6.07, 6.45) is 2.52. The minimum Gasteiger partial charge on any atom is -0.311 e. The molecule has 0 saturated carbocycles. The fourth-order valence-corrected chi connectivity index (χ4v) is 3.41. The van der Waals surface area contributed by atoms with E-state index in [4.69, 9.17) is 23.2 Å². The number of ketones is 1. The van der Waals surface area contributed by atoms with Crippen LogP contribution in [0.2, 0.25) is 10.0 Å². The molecule has 3 heterocycles. The number of nitrogens with one attached hydrogen (secondary N) is 1. The highest BCUT2D eigenvalue weighted by Crippen LogP contribution is 2.29. The molecule has 1 aliphatic heterocycles. The van der Waals surface area contributed by atoms with Gasteiger partial charge in [-0.2, -0.15) is 4.68 Å². The van der Waals surface area contributed by atoms with Crippen LogP contribution >= 0.6 is 23.2 Å². The third-order valence-corrected chi connectivity index (χ3v) is 5.26. The van der Waals surface area contributed by atoms with E-state index < -0.39 is 5.82 Å². The molecule has 0 spiro atoms. The summed E-state index contributed by atoms with van der Waals surface area (Å²) < 4.78 is 15.1. The Morgan fingerprint density at radius 2 is 2.07 bits per heavy atom. The van der Waals surface area contributed by atoms with Gasteiger partial charge < -0.3 is 5.32 Å². The maximum atomic E-state index is 13.4. The molecule has 0 saturated heterocycles. The highest BCUT2D eigenvalue weighted by Gasteiger charge is 2.19. The van der Waals surface area contributed by atoms with Gasteiger partial charge in [-0.05, 0) is 23.8 Å². The SMILES string of the molecule is O=C(Cc1ccc(-n2nnc3c2CCNC3)nc1)c1ccc(F)c(Cl)c1Cl. The molecular weight excluding hydrogens is 392 g/mol. The van der Waals surface area contributed by atoms with Crippen molar-refractivity contribution in [2.45, 2.75) is 19.4 Å². The van der Waals surface area contributed by atoms with Crippen LogP contribution in [-0.4, -0.2) is 32.3 Å². The number of aromatic nitrogens is 4. The van der Waals surface area contributed by atoms with E-state index in [2.05, 4.69) is 20.6 Å². The first-order valence-electron chi connectivity index (χ1n) is 8.31. The molecule has 0 unspecified atom stereocenters. The lowest BCUT2D eigenvalue weighted by molar-refractivity contribution is 0.0993. The zero-order chi connectivity index (χ0) is 19.0. The summed E-state index contributed by atoms with van der Waals surface area (Å²) in [6.45, 7) is 1.57. The molecule has 27 heavy (non-hydrogen) atoms. The Hall–Kier alpha value is -2.35.